The Bertz CT molecular complexity index is 1090. The summed E-state index contributed by atoms with van der Waals surface area (Å²) < 4.78 is 11.9. The first kappa shape index (κ1) is 17.1. The second-order valence-corrected chi connectivity index (χ2v) is 7.88. The minimum absolute atomic E-state index is 0.00516. The molecular formula is C20H14BrN3O4. The van der Waals surface area contributed by atoms with Gasteiger partial charge >= 0.3 is 0 Å². The third kappa shape index (κ3) is 2.47. The Morgan fingerprint density at radius 3 is 2.75 bits per heavy atom. The van der Waals surface area contributed by atoms with Gasteiger partial charge in [0, 0.05) is 22.5 Å². The smallest absolute Gasteiger partial charge is 0.271 e. The van der Waals surface area contributed by atoms with Gasteiger partial charge in [0.15, 0.2) is 11.5 Å². The van der Waals surface area contributed by atoms with E-state index in [1.165, 1.54) is 6.07 Å². The van der Waals surface area contributed by atoms with Gasteiger partial charge in [-0.3, -0.25) is 10.1 Å². The second kappa shape index (κ2) is 6.24. The number of rotatable bonds is 2. The standard InChI is InChI=1S/C20H14BrN3O4/c21-16-7-18-17(27-9-28-18)6-15(16)20-13-3-1-2-12(13)14-5-11(24(25)26)4-10(8-22)19(14)23-20/h1-2,4-7,12-13,20,23H,3,9H2/t12-,13+,20-/m1/s1. The Morgan fingerprint density at radius 2 is 2.00 bits per heavy atom. The van der Waals surface area contributed by atoms with E-state index < -0.39 is 4.92 Å². The third-order valence-corrected chi connectivity index (χ3v) is 6.30. The molecule has 28 heavy (non-hydrogen) atoms. The Morgan fingerprint density at radius 1 is 1.21 bits per heavy atom. The van der Waals surface area contributed by atoms with Gasteiger partial charge in [-0.1, -0.05) is 28.1 Å². The van der Waals surface area contributed by atoms with Crippen molar-refractivity contribution < 1.29 is 14.4 Å². The number of halogens is 1. The zero-order valence-corrected chi connectivity index (χ0v) is 16.1. The number of hydrogen-bond acceptors (Lipinski definition) is 6. The fourth-order valence-corrected chi connectivity index (χ4v) is 4.93. The van der Waals surface area contributed by atoms with E-state index in [1.54, 1.807) is 6.07 Å². The molecule has 7 nitrogen and oxygen atoms in total. The van der Waals surface area contributed by atoms with Gasteiger partial charge in [-0.15, -0.1) is 0 Å². The summed E-state index contributed by atoms with van der Waals surface area (Å²) in [5.74, 6) is 1.57. The van der Waals surface area contributed by atoms with Crippen molar-refractivity contribution in [3.8, 4) is 17.6 Å². The highest BCUT2D eigenvalue weighted by Gasteiger charge is 2.41. The number of fused-ring (bicyclic) bond motifs is 4. The second-order valence-electron chi connectivity index (χ2n) is 7.03. The summed E-state index contributed by atoms with van der Waals surface area (Å²) in [6, 6.07) is 8.80. The number of nitrogens with zero attached hydrogens (tertiary/aromatic N) is 2. The first-order valence-corrected chi connectivity index (χ1v) is 9.61. The molecule has 0 unspecified atom stereocenters. The van der Waals surface area contributed by atoms with E-state index in [9.17, 15) is 15.4 Å². The Kier molecular flexibility index (Phi) is 3.81. The van der Waals surface area contributed by atoms with Crippen LogP contribution in [0.4, 0.5) is 11.4 Å². The lowest BCUT2D eigenvalue weighted by atomic mass is 9.76. The number of hydrogen-bond donors (Lipinski definition) is 1. The van der Waals surface area contributed by atoms with Gasteiger partial charge in [-0.2, -0.15) is 5.26 Å². The summed E-state index contributed by atoms with van der Waals surface area (Å²) in [5.41, 5.74) is 2.70. The van der Waals surface area contributed by atoms with Crippen molar-refractivity contribution in [2.45, 2.75) is 18.4 Å². The highest BCUT2D eigenvalue weighted by Crippen LogP contribution is 2.53. The van der Waals surface area contributed by atoms with Crippen molar-refractivity contribution >= 4 is 27.3 Å². The van der Waals surface area contributed by atoms with E-state index in [0.717, 1.165) is 22.0 Å². The van der Waals surface area contributed by atoms with Gasteiger partial charge in [-0.25, -0.2) is 0 Å². The van der Waals surface area contributed by atoms with Crippen molar-refractivity contribution in [2.75, 3.05) is 12.1 Å². The summed E-state index contributed by atoms with van der Waals surface area (Å²) in [7, 11) is 0. The number of nitro groups is 1. The molecule has 1 N–H and O–H groups in total. The SMILES string of the molecule is N#Cc1cc([N+](=O)[O-])cc2c1N[C@@H](c1cc3c(cc1Br)OCO3)[C@H]1CC=C[C@@H]21. The van der Waals surface area contributed by atoms with Crippen LogP contribution in [0.1, 0.15) is 35.1 Å². The van der Waals surface area contributed by atoms with Gasteiger partial charge in [0.05, 0.1) is 22.2 Å². The lowest BCUT2D eigenvalue weighted by Crippen LogP contribution is -2.30. The number of nitriles is 1. The number of ether oxygens (including phenoxy) is 2. The maximum atomic E-state index is 11.3. The summed E-state index contributed by atoms with van der Waals surface area (Å²) in [4.78, 5) is 10.9. The first-order valence-electron chi connectivity index (χ1n) is 8.81. The van der Waals surface area contributed by atoms with E-state index in [0.29, 0.717) is 17.2 Å². The van der Waals surface area contributed by atoms with Crippen LogP contribution in [0.15, 0.2) is 40.9 Å². The number of non-ortho nitro benzene ring substituents is 1. The lowest BCUT2D eigenvalue weighted by Gasteiger charge is -2.38. The molecule has 140 valence electrons. The number of nitrogens with one attached hydrogen (secondary N) is 1. The zero-order chi connectivity index (χ0) is 19.4. The Balaban J connectivity index is 1.66. The molecule has 8 heteroatoms. The van der Waals surface area contributed by atoms with Crippen LogP contribution >= 0.6 is 15.9 Å². The molecule has 3 aliphatic rings. The van der Waals surface area contributed by atoms with Crippen LogP contribution in [0.5, 0.6) is 11.5 Å². The fourth-order valence-electron chi connectivity index (χ4n) is 4.36. The Labute approximate surface area is 168 Å². The molecule has 0 spiro atoms. The van der Waals surface area contributed by atoms with Crippen LogP contribution in [0.25, 0.3) is 0 Å². The van der Waals surface area contributed by atoms with Crippen molar-refractivity contribution in [1.29, 1.82) is 5.26 Å². The average molecular weight is 440 g/mol. The van der Waals surface area contributed by atoms with Crippen molar-refractivity contribution in [3.05, 3.63) is 67.7 Å². The maximum absolute atomic E-state index is 11.3. The minimum Gasteiger partial charge on any atom is -0.454 e. The molecule has 0 bridgehead atoms. The van der Waals surface area contributed by atoms with Gasteiger partial charge in [0.1, 0.15) is 6.07 Å². The van der Waals surface area contributed by atoms with Gasteiger partial charge in [0.2, 0.25) is 6.79 Å². The highest BCUT2D eigenvalue weighted by atomic mass is 79.9. The largest absolute Gasteiger partial charge is 0.454 e. The first-order chi connectivity index (χ1) is 13.6. The molecule has 0 aromatic heterocycles. The molecule has 0 radical (unpaired) electrons. The number of nitro benzene ring substituents is 1. The van der Waals surface area contributed by atoms with Gasteiger partial charge in [-0.05, 0) is 35.6 Å². The average Bonchev–Trinajstić information content (AvgIpc) is 3.35. The van der Waals surface area contributed by atoms with E-state index >= 15 is 0 Å². The van der Waals surface area contributed by atoms with E-state index in [-0.39, 0.29) is 35.9 Å². The minimum atomic E-state index is -0.449. The number of allylic oxidation sites excluding steroid dienone is 2. The molecule has 0 fully saturated rings. The molecule has 2 aromatic rings. The predicted molar refractivity (Wildman–Crippen MR) is 104 cm³/mol. The molecule has 1 aliphatic carbocycles. The predicted octanol–water partition coefficient (Wildman–Crippen LogP) is 4.78. The Hall–Kier alpha value is -3.05. The molecule has 2 heterocycles. The van der Waals surface area contributed by atoms with Crippen LogP contribution in [-0.2, 0) is 0 Å². The summed E-state index contributed by atoms with van der Waals surface area (Å²) in [6.07, 6.45) is 5.03. The van der Waals surface area contributed by atoms with E-state index in [4.69, 9.17) is 9.47 Å². The van der Waals surface area contributed by atoms with Crippen LogP contribution in [0.2, 0.25) is 0 Å². The zero-order valence-electron chi connectivity index (χ0n) is 14.5. The molecule has 5 rings (SSSR count). The summed E-state index contributed by atoms with van der Waals surface area (Å²) >= 11 is 3.64. The fraction of sp³-hybridized carbons (Fsp3) is 0.250. The highest BCUT2D eigenvalue weighted by molar-refractivity contribution is 9.10. The van der Waals surface area contributed by atoms with E-state index in [1.807, 2.05) is 12.1 Å². The monoisotopic (exact) mass is 439 g/mol. The summed E-state index contributed by atoms with van der Waals surface area (Å²) in [5, 5.41) is 24.4. The van der Waals surface area contributed by atoms with Crippen LogP contribution in [-0.4, -0.2) is 11.7 Å². The van der Waals surface area contributed by atoms with Crippen molar-refractivity contribution in [3.63, 3.8) is 0 Å². The maximum Gasteiger partial charge on any atom is 0.271 e. The molecule has 0 saturated heterocycles. The summed E-state index contributed by atoms with van der Waals surface area (Å²) in [6.45, 7) is 0.196. The van der Waals surface area contributed by atoms with E-state index in [2.05, 4.69) is 39.5 Å². The number of anilines is 1. The molecule has 0 amide bonds. The van der Waals surface area contributed by atoms with Gasteiger partial charge < -0.3 is 14.8 Å². The topological polar surface area (TPSA) is 97.4 Å². The quantitative estimate of drug-likeness (QED) is 0.410. The molecule has 2 aliphatic heterocycles. The number of benzene rings is 2. The van der Waals surface area contributed by atoms with Crippen LogP contribution in [0.3, 0.4) is 0 Å². The van der Waals surface area contributed by atoms with Crippen molar-refractivity contribution in [1.82, 2.24) is 0 Å². The molecule has 3 atom stereocenters. The molecular weight excluding hydrogens is 426 g/mol. The lowest BCUT2D eigenvalue weighted by molar-refractivity contribution is -0.384. The molecule has 0 saturated carbocycles. The molecule has 2 aromatic carbocycles. The van der Waals surface area contributed by atoms with Gasteiger partial charge in [0.25, 0.3) is 5.69 Å². The van der Waals surface area contributed by atoms with Crippen LogP contribution in [0, 0.1) is 27.4 Å². The van der Waals surface area contributed by atoms with Crippen molar-refractivity contribution in [2.24, 2.45) is 5.92 Å². The van der Waals surface area contributed by atoms with Crippen LogP contribution < -0.4 is 14.8 Å². The third-order valence-electron chi connectivity index (χ3n) is 5.61. The normalized spacial score (nSPS) is 23.5.